The number of nitrogens with one attached hydrogen (secondary N) is 1. The van der Waals surface area contributed by atoms with E-state index in [1.54, 1.807) is 16.7 Å². The van der Waals surface area contributed by atoms with E-state index in [-0.39, 0.29) is 5.92 Å². The number of hydrogen-bond acceptors (Lipinski definition) is 6. The first-order valence-electron chi connectivity index (χ1n) is 7.43. The second-order valence-electron chi connectivity index (χ2n) is 5.89. The van der Waals surface area contributed by atoms with Gasteiger partial charge in [-0.05, 0) is 24.5 Å². The van der Waals surface area contributed by atoms with Crippen molar-refractivity contribution in [1.29, 1.82) is 0 Å². The van der Waals surface area contributed by atoms with Gasteiger partial charge < -0.3 is 0 Å². The monoisotopic (exact) mass is 332 g/mol. The topological polar surface area (TPSA) is 105 Å². The summed E-state index contributed by atoms with van der Waals surface area (Å²) in [7, 11) is -3.19. The first kappa shape index (κ1) is 14.5. The summed E-state index contributed by atoms with van der Waals surface area (Å²) >= 11 is 0. The van der Waals surface area contributed by atoms with Crippen molar-refractivity contribution in [3.63, 3.8) is 0 Å². The molecule has 3 aromatic heterocycles. The van der Waals surface area contributed by atoms with E-state index in [1.165, 1.54) is 6.26 Å². The van der Waals surface area contributed by atoms with Crippen LogP contribution in [0.5, 0.6) is 0 Å². The molecule has 4 rings (SSSR count). The number of H-pyrrole nitrogens is 1. The number of aromatic amines is 1. The molecule has 3 aromatic rings. The Kier molecular flexibility index (Phi) is 3.27. The van der Waals surface area contributed by atoms with Crippen LogP contribution in [0.4, 0.5) is 0 Å². The largest absolute Gasteiger partial charge is 0.259 e. The lowest BCUT2D eigenvalue weighted by Crippen LogP contribution is -2.38. The third-order valence-corrected chi connectivity index (χ3v) is 5.66. The summed E-state index contributed by atoms with van der Waals surface area (Å²) in [6.45, 7) is 1.05. The van der Waals surface area contributed by atoms with E-state index in [1.807, 2.05) is 6.07 Å². The summed E-state index contributed by atoms with van der Waals surface area (Å²) in [5, 5.41) is 17.1. The van der Waals surface area contributed by atoms with Crippen molar-refractivity contribution in [2.24, 2.45) is 0 Å². The van der Waals surface area contributed by atoms with Crippen molar-refractivity contribution in [2.45, 2.75) is 18.8 Å². The van der Waals surface area contributed by atoms with Crippen LogP contribution in [0.1, 0.15) is 24.3 Å². The molecule has 1 fully saturated rings. The highest BCUT2D eigenvalue weighted by Crippen LogP contribution is 2.33. The van der Waals surface area contributed by atoms with Gasteiger partial charge in [-0.1, -0.05) is 0 Å². The molecule has 0 aliphatic carbocycles. The number of piperidine rings is 1. The fraction of sp³-hybridized carbons (Fsp3) is 0.429. The van der Waals surface area contributed by atoms with E-state index >= 15 is 0 Å². The molecule has 1 N–H and O–H groups in total. The average molecular weight is 332 g/mol. The minimum Gasteiger partial charge on any atom is -0.259 e. The average Bonchev–Trinajstić information content (AvgIpc) is 3.02. The SMILES string of the molecule is CS(=O)(=O)N1CCCC(c2cn[nH]c3nnc4nccc4c23)C1. The van der Waals surface area contributed by atoms with Crippen molar-refractivity contribution in [2.75, 3.05) is 19.3 Å². The van der Waals surface area contributed by atoms with E-state index in [2.05, 4.69) is 25.4 Å². The summed E-state index contributed by atoms with van der Waals surface area (Å²) < 4.78 is 25.3. The Morgan fingerprint density at radius 1 is 1.35 bits per heavy atom. The lowest BCUT2D eigenvalue weighted by atomic mass is 9.90. The zero-order valence-electron chi connectivity index (χ0n) is 12.6. The molecule has 8 nitrogen and oxygen atoms in total. The standard InChI is InChI=1S/C14H16N6O2S/c1-23(21,22)20-6-2-3-9(8-20)11-7-16-17-14-12(11)10-4-5-15-13(10)18-19-14/h4-5,7,9H,2-3,6,8H2,1H3,(H,17,19). The molecule has 1 aliphatic heterocycles. The Labute approximate surface area is 133 Å². The van der Waals surface area contributed by atoms with Crippen LogP contribution in [0.2, 0.25) is 0 Å². The van der Waals surface area contributed by atoms with E-state index in [0.717, 1.165) is 29.2 Å². The summed E-state index contributed by atoms with van der Waals surface area (Å²) in [6.07, 6.45) is 6.48. The second kappa shape index (κ2) is 5.20. The fourth-order valence-electron chi connectivity index (χ4n) is 3.28. The maximum Gasteiger partial charge on any atom is 0.211 e. The molecule has 23 heavy (non-hydrogen) atoms. The lowest BCUT2D eigenvalue weighted by Gasteiger charge is -2.31. The molecular weight excluding hydrogens is 316 g/mol. The maximum atomic E-state index is 11.9. The Morgan fingerprint density at radius 3 is 3.04 bits per heavy atom. The van der Waals surface area contributed by atoms with E-state index in [0.29, 0.717) is 24.4 Å². The van der Waals surface area contributed by atoms with Crippen LogP contribution in [0.25, 0.3) is 22.1 Å². The summed E-state index contributed by atoms with van der Waals surface area (Å²) in [6, 6.07) is 1.90. The molecule has 1 unspecified atom stereocenters. The highest BCUT2D eigenvalue weighted by Gasteiger charge is 2.28. The van der Waals surface area contributed by atoms with Gasteiger partial charge in [-0.2, -0.15) is 5.10 Å². The Bertz CT molecular complexity index is 983. The number of sulfonamides is 1. The minimum atomic E-state index is -3.19. The molecule has 4 heterocycles. The van der Waals surface area contributed by atoms with Crippen LogP contribution in [0.15, 0.2) is 18.5 Å². The van der Waals surface area contributed by atoms with Crippen molar-refractivity contribution in [1.82, 2.24) is 29.7 Å². The predicted octanol–water partition coefficient (Wildman–Crippen LogP) is 1.04. The number of aromatic nitrogens is 5. The van der Waals surface area contributed by atoms with E-state index < -0.39 is 10.0 Å². The number of nitrogens with zero attached hydrogens (tertiary/aromatic N) is 5. The van der Waals surface area contributed by atoms with Crippen LogP contribution >= 0.6 is 0 Å². The molecule has 1 aliphatic rings. The van der Waals surface area contributed by atoms with Crippen molar-refractivity contribution in [3.8, 4) is 0 Å². The van der Waals surface area contributed by atoms with Crippen LogP contribution < -0.4 is 0 Å². The van der Waals surface area contributed by atoms with Gasteiger partial charge >= 0.3 is 0 Å². The van der Waals surface area contributed by atoms with Gasteiger partial charge in [0.25, 0.3) is 0 Å². The quantitative estimate of drug-likeness (QED) is 0.752. The van der Waals surface area contributed by atoms with Gasteiger partial charge in [-0.15, -0.1) is 10.2 Å². The van der Waals surface area contributed by atoms with Gasteiger partial charge in [0.2, 0.25) is 10.0 Å². The Balaban J connectivity index is 1.86. The van der Waals surface area contributed by atoms with Crippen molar-refractivity contribution in [3.05, 3.63) is 24.0 Å². The molecule has 0 aromatic carbocycles. The van der Waals surface area contributed by atoms with Gasteiger partial charge in [0, 0.05) is 36.0 Å². The highest BCUT2D eigenvalue weighted by molar-refractivity contribution is 7.88. The number of hydrogen-bond donors (Lipinski definition) is 1. The van der Waals surface area contributed by atoms with E-state index in [9.17, 15) is 8.42 Å². The zero-order valence-corrected chi connectivity index (χ0v) is 13.4. The van der Waals surface area contributed by atoms with Crippen molar-refractivity contribution < 1.29 is 8.42 Å². The number of fused-ring (bicyclic) bond motifs is 3. The van der Waals surface area contributed by atoms with Crippen LogP contribution in [0.3, 0.4) is 0 Å². The summed E-state index contributed by atoms with van der Waals surface area (Å²) in [4.78, 5) is 4.20. The molecule has 0 radical (unpaired) electrons. The van der Waals surface area contributed by atoms with Crippen LogP contribution in [0, 0.1) is 0 Å². The summed E-state index contributed by atoms with van der Waals surface area (Å²) in [5.74, 6) is 0.0883. The lowest BCUT2D eigenvalue weighted by molar-refractivity contribution is 0.318. The molecule has 1 atom stereocenters. The molecule has 0 saturated carbocycles. The van der Waals surface area contributed by atoms with Gasteiger partial charge in [0.15, 0.2) is 11.3 Å². The smallest absolute Gasteiger partial charge is 0.211 e. The molecule has 0 spiro atoms. The first-order chi connectivity index (χ1) is 11.0. The van der Waals surface area contributed by atoms with Gasteiger partial charge in [-0.25, -0.2) is 17.7 Å². The van der Waals surface area contributed by atoms with Crippen LogP contribution in [-0.4, -0.2) is 57.4 Å². The van der Waals surface area contributed by atoms with E-state index in [4.69, 9.17) is 0 Å². The van der Waals surface area contributed by atoms with Gasteiger partial charge in [-0.3, -0.25) is 5.10 Å². The maximum absolute atomic E-state index is 11.9. The second-order valence-corrected chi connectivity index (χ2v) is 7.87. The molecule has 9 heteroatoms. The third kappa shape index (κ3) is 2.45. The van der Waals surface area contributed by atoms with Gasteiger partial charge in [0.05, 0.1) is 12.5 Å². The predicted molar refractivity (Wildman–Crippen MR) is 85.4 cm³/mol. The summed E-state index contributed by atoms with van der Waals surface area (Å²) in [5.41, 5.74) is 2.19. The molecular formula is C14H16N6O2S. The Morgan fingerprint density at radius 2 is 2.22 bits per heavy atom. The Hall–Kier alpha value is -2.13. The van der Waals surface area contributed by atoms with Crippen molar-refractivity contribution >= 4 is 32.1 Å². The number of rotatable bonds is 2. The van der Waals surface area contributed by atoms with Gasteiger partial charge in [0.1, 0.15) is 0 Å². The minimum absolute atomic E-state index is 0.0883. The molecule has 120 valence electrons. The zero-order chi connectivity index (χ0) is 16.0. The molecule has 1 saturated heterocycles. The third-order valence-electron chi connectivity index (χ3n) is 4.39. The highest BCUT2D eigenvalue weighted by atomic mass is 32.2. The molecule has 0 bridgehead atoms. The fourth-order valence-corrected chi connectivity index (χ4v) is 4.19. The normalized spacial score (nSPS) is 20.3. The first-order valence-corrected chi connectivity index (χ1v) is 9.28. The molecule has 0 amide bonds. The van der Waals surface area contributed by atoms with Crippen LogP contribution in [-0.2, 0) is 10.0 Å².